The van der Waals surface area contributed by atoms with Crippen LogP contribution in [0.5, 0.6) is 0 Å². The monoisotopic (exact) mass is 191 g/mol. The van der Waals surface area contributed by atoms with Gasteiger partial charge in [0.05, 0.1) is 6.26 Å². The normalized spacial score (nSPS) is 22.8. The summed E-state index contributed by atoms with van der Waals surface area (Å²) in [5.41, 5.74) is 0. The van der Waals surface area contributed by atoms with Crippen molar-refractivity contribution in [3.05, 3.63) is 6.54 Å². The van der Waals surface area contributed by atoms with Crippen LogP contribution in [-0.2, 0) is 10.0 Å². The van der Waals surface area contributed by atoms with E-state index in [1.807, 2.05) is 13.5 Å². The van der Waals surface area contributed by atoms with Gasteiger partial charge in [-0.05, 0) is 6.92 Å². The summed E-state index contributed by atoms with van der Waals surface area (Å²) >= 11 is 0. The largest absolute Gasteiger partial charge is 0.296 e. The fourth-order valence-corrected chi connectivity index (χ4v) is 2.12. The van der Waals surface area contributed by atoms with Gasteiger partial charge in [0.15, 0.2) is 0 Å². The maximum absolute atomic E-state index is 11.1. The Balaban J connectivity index is 2.47. The van der Waals surface area contributed by atoms with Crippen LogP contribution in [0.4, 0.5) is 0 Å². The van der Waals surface area contributed by atoms with Crippen LogP contribution in [0.15, 0.2) is 0 Å². The first-order valence-electron chi connectivity index (χ1n) is 4.02. The smallest absolute Gasteiger partial charge is 0.211 e. The Labute approximate surface area is 74.2 Å². The molecule has 0 spiro atoms. The molecular weight excluding hydrogens is 176 g/mol. The average Bonchev–Trinajstić information content (AvgIpc) is 2.03. The van der Waals surface area contributed by atoms with Crippen molar-refractivity contribution in [3.63, 3.8) is 0 Å². The Hall–Kier alpha value is -0.130. The van der Waals surface area contributed by atoms with Crippen LogP contribution in [0.25, 0.3) is 0 Å². The van der Waals surface area contributed by atoms with E-state index in [0.29, 0.717) is 13.1 Å². The van der Waals surface area contributed by atoms with E-state index in [0.717, 1.165) is 13.1 Å². The summed E-state index contributed by atoms with van der Waals surface area (Å²) in [7, 11) is -2.96. The van der Waals surface area contributed by atoms with Crippen molar-refractivity contribution >= 4 is 10.0 Å². The predicted molar refractivity (Wildman–Crippen MR) is 48.0 cm³/mol. The zero-order valence-electron chi connectivity index (χ0n) is 7.52. The van der Waals surface area contributed by atoms with Crippen LogP contribution in [-0.4, -0.2) is 50.1 Å². The Bertz CT molecular complexity index is 230. The molecule has 1 aliphatic rings. The van der Waals surface area contributed by atoms with E-state index in [1.54, 1.807) is 0 Å². The molecule has 0 saturated carbocycles. The Kier molecular flexibility index (Phi) is 3.09. The highest BCUT2D eigenvalue weighted by atomic mass is 32.2. The van der Waals surface area contributed by atoms with Gasteiger partial charge in [-0.1, -0.05) is 0 Å². The van der Waals surface area contributed by atoms with Crippen molar-refractivity contribution in [2.75, 3.05) is 32.4 Å². The molecule has 1 fully saturated rings. The van der Waals surface area contributed by atoms with Gasteiger partial charge in [-0.3, -0.25) is 4.90 Å². The summed E-state index contributed by atoms with van der Waals surface area (Å²) in [6.07, 6.45) is 1.26. The molecule has 1 saturated heterocycles. The van der Waals surface area contributed by atoms with Crippen LogP contribution in [0.1, 0.15) is 6.92 Å². The molecule has 4 nitrogen and oxygen atoms in total. The van der Waals surface area contributed by atoms with Gasteiger partial charge in [0.2, 0.25) is 10.0 Å². The summed E-state index contributed by atoms with van der Waals surface area (Å²) in [5, 5.41) is 0. The fraction of sp³-hybridized carbons (Fsp3) is 0.857. The van der Waals surface area contributed by atoms with E-state index in [1.165, 1.54) is 10.6 Å². The molecule has 0 N–H and O–H groups in total. The third-order valence-corrected chi connectivity index (χ3v) is 3.41. The molecule has 1 aliphatic heterocycles. The average molecular weight is 191 g/mol. The van der Waals surface area contributed by atoms with Gasteiger partial charge in [0, 0.05) is 32.7 Å². The van der Waals surface area contributed by atoms with E-state index < -0.39 is 10.0 Å². The van der Waals surface area contributed by atoms with Gasteiger partial charge in [-0.25, -0.2) is 8.42 Å². The van der Waals surface area contributed by atoms with Crippen molar-refractivity contribution in [2.45, 2.75) is 6.92 Å². The first-order valence-corrected chi connectivity index (χ1v) is 5.87. The minimum absolute atomic E-state index is 0.614. The summed E-state index contributed by atoms with van der Waals surface area (Å²) in [5.74, 6) is 0. The van der Waals surface area contributed by atoms with Crippen LogP contribution < -0.4 is 0 Å². The number of piperazine rings is 1. The summed E-state index contributed by atoms with van der Waals surface area (Å²) < 4.78 is 23.7. The lowest BCUT2D eigenvalue weighted by Crippen LogP contribution is -2.46. The lowest BCUT2D eigenvalue weighted by molar-refractivity contribution is 0.225. The molecule has 0 aliphatic carbocycles. The highest BCUT2D eigenvalue weighted by molar-refractivity contribution is 7.88. The third kappa shape index (κ3) is 2.43. The number of hydrogen-bond acceptors (Lipinski definition) is 3. The van der Waals surface area contributed by atoms with E-state index in [2.05, 4.69) is 4.90 Å². The van der Waals surface area contributed by atoms with Crippen molar-refractivity contribution in [1.82, 2.24) is 9.21 Å². The van der Waals surface area contributed by atoms with Crippen molar-refractivity contribution in [3.8, 4) is 0 Å². The maximum Gasteiger partial charge on any atom is 0.211 e. The van der Waals surface area contributed by atoms with Gasteiger partial charge in [0.25, 0.3) is 0 Å². The minimum atomic E-state index is -2.96. The molecule has 71 valence electrons. The third-order valence-electron chi connectivity index (χ3n) is 2.11. The summed E-state index contributed by atoms with van der Waals surface area (Å²) in [4.78, 5) is 2.13. The molecule has 1 radical (unpaired) electrons. The second kappa shape index (κ2) is 3.72. The van der Waals surface area contributed by atoms with E-state index >= 15 is 0 Å². The lowest BCUT2D eigenvalue weighted by atomic mass is 10.4. The van der Waals surface area contributed by atoms with Crippen LogP contribution in [0.2, 0.25) is 0 Å². The first-order chi connectivity index (χ1) is 5.54. The lowest BCUT2D eigenvalue weighted by Gasteiger charge is -2.31. The molecule has 0 aromatic heterocycles. The van der Waals surface area contributed by atoms with E-state index in [-0.39, 0.29) is 0 Å². The predicted octanol–water partition coefficient (Wildman–Crippen LogP) is -0.255. The Morgan fingerprint density at radius 3 is 2.00 bits per heavy atom. The van der Waals surface area contributed by atoms with E-state index in [9.17, 15) is 8.42 Å². The van der Waals surface area contributed by atoms with Gasteiger partial charge >= 0.3 is 0 Å². The molecule has 0 aromatic carbocycles. The van der Waals surface area contributed by atoms with Crippen molar-refractivity contribution in [1.29, 1.82) is 0 Å². The van der Waals surface area contributed by atoms with Crippen LogP contribution in [0.3, 0.4) is 0 Å². The molecule has 1 rings (SSSR count). The standard InChI is InChI=1S/C7H15N2O2S/c1-3-8-4-6-9(7-5-8)12(2,10)11/h3H,4-7H2,1-2H3. The molecule has 0 bridgehead atoms. The molecule has 0 aromatic rings. The zero-order valence-corrected chi connectivity index (χ0v) is 8.34. The van der Waals surface area contributed by atoms with Crippen LogP contribution in [0, 0.1) is 6.54 Å². The maximum atomic E-state index is 11.1. The van der Waals surface area contributed by atoms with Gasteiger partial charge in [0.1, 0.15) is 0 Å². The minimum Gasteiger partial charge on any atom is -0.296 e. The Morgan fingerprint density at radius 1 is 1.17 bits per heavy atom. The van der Waals surface area contributed by atoms with Gasteiger partial charge < -0.3 is 0 Å². The molecule has 5 heteroatoms. The Morgan fingerprint density at radius 2 is 1.67 bits per heavy atom. The summed E-state index contributed by atoms with van der Waals surface area (Å²) in [6.45, 7) is 6.81. The quantitative estimate of drug-likeness (QED) is 0.604. The topological polar surface area (TPSA) is 40.6 Å². The number of sulfonamides is 1. The number of hydrogen-bond donors (Lipinski definition) is 0. The van der Waals surface area contributed by atoms with Gasteiger partial charge in [-0.15, -0.1) is 0 Å². The first kappa shape index (κ1) is 9.95. The molecule has 0 amide bonds. The SMILES string of the molecule is C[CH]N1CCN(S(C)(=O)=O)CC1. The van der Waals surface area contributed by atoms with Crippen molar-refractivity contribution < 1.29 is 8.42 Å². The zero-order chi connectivity index (χ0) is 9.19. The number of nitrogens with zero attached hydrogens (tertiary/aromatic N) is 2. The molecular formula is C7H15N2O2S. The molecule has 0 atom stereocenters. The van der Waals surface area contributed by atoms with E-state index in [4.69, 9.17) is 0 Å². The highest BCUT2D eigenvalue weighted by Crippen LogP contribution is 2.06. The second-order valence-electron chi connectivity index (χ2n) is 2.96. The molecule has 1 heterocycles. The van der Waals surface area contributed by atoms with Crippen molar-refractivity contribution in [2.24, 2.45) is 0 Å². The second-order valence-corrected chi connectivity index (χ2v) is 4.94. The fourth-order valence-electron chi connectivity index (χ4n) is 1.29. The molecule has 12 heavy (non-hydrogen) atoms. The number of rotatable bonds is 2. The van der Waals surface area contributed by atoms with Crippen LogP contribution >= 0.6 is 0 Å². The highest BCUT2D eigenvalue weighted by Gasteiger charge is 2.21. The summed E-state index contributed by atoms with van der Waals surface area (Å²) in [6, 6.07) is 0. The molecule has 0 unspecified atom stereocenters. The van der Waals surface area contributed by atoms with Gasteiger partial charge in [-0.2, -0.15) is 4.31 Å².